The van der Waals surface area contributed by atoms with Gasteiger partial charge in [0.1, 0.15) is 0 Å². The Labute approximate surface area is 70.6 Å². The maximum absolute atomic E-state index is 10.1. The fourth-order valence-electron chi connectivity index (χ4n) is 1.01. The molecule has 66 valence electrons. The Morgan fingerprint density at radius 2 is 2.09 bits per heavy atom. The minimum Gasteiger partial charge on any atom is -0.291 e. The monoisotopic (exact) mass is 176 g/mol. The fraction of sp³-hybridized carbons (Fsp3) is 1.00. The van der Waals surface area contributed by atoms with Crippen LogP contribution in [0, 0.1) is 0 Å². The smallest absolute Gasteiger partial charge is 0.291 e. The van der Waals surface area contributed by atoms with Gasteiger partial charge in [-0.3, -0.25) is 4.52 Å². The van der Waals surface area contributed by atoms with E-state index in [4.69, 9.17) is 4.52 Å². The van der Waals surface area contributed by atoms with E-state index in [9.17, 15) is 4.57 Å². The van der Waals surface area contributed by atoms with Crippen molar-refractivity contribution < 1.29 is 9.09 Å². The van der Waals surface area contributed by atoms with E-state index in [0.717, 1.165) is 12.8 Å². The van der Waals surface area contributed by atoms with Gasteiger partial charge < -0.3 is 0 Å². The summed E-state index contributed by atoms with van der Waals surface area (Å²) in [5.41, 5.74) is 0. The van der Waals surface area contributed by atoms with Gasteiger partial charge in [0.25, 0.3) is 0 Å². The van der Waals surface area contributed by atoms with Gasteiger partial charge in [0.05, 0.1) is 6.10 Å². The van der Waals surface area contributed by atoms with Gasteiger partial charge in [0, 0.05) is 0 Å². The lowest BCUT2D eigenvalue weighted by Gasteiger charge is -2.09. The lowest BCUT2D eigenvalue weighted by molar-refractivity contribution is 0.203. The first-order valence-corrected chi connectivity index (χ1v) is 5.06. The molecule has 0 N–H and O–H groups in total. The van der Waals surface area contributed by atoms with Gasteiger partial charge in [0.2, 0.25) is 0 Å². The van der Waals surface area contributed by atoms with Crippen LogP contribution in [0.5, 0.6) is 0 Å². The zero-order valence-corrected chi connectivity index (χ0v) is 8.27. The van der Waals surface area contributed by atoms with Crippen molar-refractivity contribution in [1.29, 1.82) is 0 Å². The van der Waals surface area contributed by atoms with Crippen LogP contribution in [0.3, 0.4) is 0 Å². The normalized spacial score (nSPS) is 13.6. The van der Waals surface area contributed by atoms with Gasteiger partial charge in [-0.25, -0.2) is 4.57 Å². The number of rotatable bonds is 7. The highest BCUT2D eigenvalue weighted by molar-refractivity contribution is 7.17. The van der Waals surface area contributed by atoms with E-state index in [1.807, 2.05) is 0 Å². The second kappa shape index (κ2) is 8.16. The van der Waals surface area contributed by atoms with Crippen molar-refractivity contribution in [2.75, 3.05) is 0 Å². The Balaban J connectivity index is 3.27. The van der Waals surface area contributed by atoms with Crippen molar-refractivity contribution in [3.63, 3.8) is 0 Å². The van der Waals surface area contributed by atoms with Crippen molar-refractivity contribution in [2.24, 2.45) is 0 Å². The fourth-order valence-corrected chi connectivity index (χ4v) is 1.39. The summed E-state index contributed by atoms with van der Waals surface area (Å²) in [6.45, 7) is 4.23. The Kier molecular flexibility index (Phi) is 8.20. The SMILES string of the molecule is CCCCCC(CC)OP=O. The van der Waals surface area contributed by atoms with Crippen LogP contribution in [0.25, 0.3) is 0 Å². The van der Waals surface area contributed by atoms with Gasteiger partial charge in [-0.2, -0.15) is 0 Å². The van der Waals surface area contributed by atoms with Gasteiger partial charge in [-0.1, -0.05) is 33.1 Å². The zero-order chi connectivity index (χ0) is 8.53. The molecule has 0 aromatic carbocycles. The summed E-state index contributed by atoms with van der Waals surface area (Å²) in [4.78, 5) is 0. The summed E-state index contributed by atoms with van der Waals surface area (Å²) in [6, 6.07) is 0. The lowest BCUT2D eigenvalue weighted by atomic mass is 10.1. The summed E-state index contributed by atoms with van der Waals surface area (Å²) < 4.78 is 15.0. The highest BCUT2D eigenvalue weighted by Crippen LogP contribution is 2.14. The minimum atomic E-state index is -0.175. The van der Waals surface area contributed by atoms with Crippen molar-refractivity contribution in [3.05, 3.63) is 0 Å². The molecule has 0 saturated carbocycles. The van der Waals surface area contributed by atoms with Crippen LogP contribution >= 0.6 is 8.69 Å². The largest absolute Gasteiger partial charge is 0.327 e. The highest BCUT2D eigenvalue weighted by atomic mass is 31.1. The van der Waals surface area contributed by atoms with E-state index in [1.165, 1.54) is 19.3 Å². The Hall–Kier alpha value is 0.0600. The first-order valence-electron chi connectivity index (χ1n) is 4.33. The van der Waals surface area contributed by atoms with Crippen molar-refractivity contribution in [3.8, 4) is 0 Å². The quantitative estimate of drug-likeness (QED) is 0.438. The molecule has 0 amide bonds. The Morgan fingerprint density at radius 1 is 1.36 bits per heavy atom. The molecule has 0 rings (SSSR count). The van der Waals surface area contributed by atoms with Crippen LogP contribution in [0.2, 0.25) is 0 Å². The molecule has 0 aliphatic carbocycles. The molecule has 0 radical (unpaired) electrons. The molecular formula is C8H17O2P. The van der Waals surface area contributed by atoms with E-state index in [2.05, 4.69) is 13.8 Å². The van der Waals surface area contributed by atoms with Crippen LogP contribution in [-0.2, 0) is 9.09 Å². The molecule has 1 unspecified atom stereocenters. The van der Waals surface area contributed by atoms with Gasteiger partial charge >= 0.3 is 8.69 Å². The van der Waals surface area contributed by atoms with Crippen molar-refractivity contribution in [2.45, 2.75) is 52.1 Å². The third-order valence-electron chi connectivity index (χ3n) is 1.78. The maximum atomic E-state index is 10.1. The second-order valence-electron chi connectivity index (χ2n) is 2.71. The molecule has 0 bridgehead atoms. The predicted octanol–water partition coefficient (Wildman–Crippen LogP) is 3.57. The molecule has 0 aromatic rings. The molecule has 1 atom stereocenters. The van der Waals surface area contributed by atoms with E-state index in [1.54, 1.807) is 0 Å². The van der Waals surface area contributed by atoms with E-state index < -0.39 is 0 Å². The average Bonchev–Trinajstić information content (AvgIpc) is 2.03. The summed E-state index contributed by atoms with van der Waals surface area (Å²) in [6.07, 6.45) is 5.85. The standard InChI is InChI=1S/C8H17O2P/c1-3-5-6-7-8(4-2)10-11-9/h8H,3-7H2,1-2H3. The van der Waals surface area contributed by atoms with Crippen LogP contribution in [0.4, 0.5) is 0 Å². The summed E-state index contributed by atoms with van der Waals surface area (Å²) >= 11 is 0. The van der Waals surface area contributed by atoms with Gasteiger partial charge in [-0.05, 0) is 12.8 Å². The first-order chi connectivity index (χ1) is 5.35. The van der Waals surface area contributed by atoms with E-state index in [-0.39, 0.29) is 14.8 Å². The molecule has 2 nitrogen and oxygen atoms in total. The van der Waals surface area contributed by atoms with E-state index in [0.29, 0.717) is 0 Å². The minimum absolute atomic E-state index is 0.175. The molecule has 0 aliphatic rings. The summed E-state index contributed by atoms with van der Waals surface area (Å²) in [5.74, 6) is 0. The molecule has 0 spiro atoms. The van der Waals surface area contributed by atoms with Crippen molar-refractivity contribution in [1.82, 2.24) is 0 Å². The maximum Gasteiger partial charge on any atom is 0.327 e. The van der Waals surface area contributed by atoms with Crippen molar-refractivity contribution >= 4 is 8.69 Å². The van der Waals surface area contributed by atoms with E-state index >= 15 is 0 Å². The average molecular weight is 176 g/mol. The lowest BCUT2D eigenvalue weighted by Crippen LogP contribution is -2.05. The summed E-state index contributed by atoms with van der Waals surface area (Å²) in [7, 11) is -0.175. The third-order valence-corrected chi connectivity index (χ3v) is 2.16. The second-order valence-corrected chi connectivity index (χ2v) is 3.07. The van der Waals surface area contributed by atoms with Crippen LogP contribution < -0.4 is 0 Å². The molecule has 3 heteroatoms. The molecule has 11 heavy (non-hydrogen) atoms. The third kappa shape index (κ3) is 6.46. The van der Waals surface area contributed by atoms with Gasteiger partial charge in [0.15, 0.2) is 0 Å². The topological polar surface area (TPSA) is 26.3 Å². The molecule has 0 heterocycles. The molecule has 0 saturated heterocycles. The number of hydrogen-bond acceptors (Lipinski definition) is 2. The van der Waals surface area contributed by atoms with Crippen LogP contribution in [0.15, 0.2) is 0 Å². The molecule has 0 aliphatic heterocycles. The van der Waals surface area contributed by atoms with Crippen LogP contribution in [0.1, 0.15) is 46.0 Å². The van der Waals surface area contributed by atoms with Crippen LogP contribution in [-0.4, -0.2) is 6.10 Å². The molecule has 0 aromatic heterocycles. The summed E-state index contributed by atoms with van der Waals surface area (Å²) in [5, 5.41) is 0. The first kappa shape index (κ1) is 11.1. The van der Waals surface area contributed by atoms with Gasteiger partial charge in [-0.15, -0.1) is 0 Å². The zero-order valence-electron chi connectivity index (χ0n) is 7.38. The Morgan fingerprint density at radius 3 is 2.55 bits per heavy atom. The number of unbranched alkanes of at least 4 members (excludes halogenated alkanes) is 2. The Bertz CT molecular complexity index is 96.1. The highest BCUT2D eigenvalue weighted by Gasteiger charge is 2.04. The molecule has 0 fully saturated rings. The molecular weight excluding hydrogens is 159 g/mol. The number of hydrogen-bond donors (Lipinski definition) is 0. The predicted molar refractivity (Wildman–Crippen MR) is 46.9 cm³/mol.